The van der Waals surface area contributed by atoms with Gasteiger partial charge in [-0.05, 0) is 37.6 Å². The van der Waals surface area contributed by atoms with E-state index in [0.29, 0.717) is 32.0 Å². The summed E-state index contributed by atoms with van der Waals surface area (Å²) in [6, 6.07) is 14.1. The quantitative estimate of drug-likeness (QED) is 0.633. The number of rotatable bonds is 9. The number of piperazine rings is 1. The fraction of sp³-hybridized carbons (Fsp3) is 0.455. The van der Waals surface area contributed by atoms with E-state index < -0.39 is 0 Å². The molecule has 0 spiro atoms. The van der Waals surface area contributed by atoms with Crippen molar-refractivity contribution in [2.75, 3.05) is 44.2 Å². The van der Waals surface area contributed by atoms with E-state index in [-0.39, 0.29) is 17.6 Å². The van der Waals surface area contributed by atoms with Gasteiger partial charge in [0.25, 0.3) is 5.91 Å². The molecule has 1 aliphatic rings. The van der Waals surface area contributed by atoms with Gasteiger partial charge in [-0.25, -0.2) is 0 Å². The Bertz CT molecular complexity index is 756. The zero-order valence-corrected chi connectivity index (χ0v) is 17.0. The predicted molar refractivity (Wildman–Crippen MR) is 113 cm³/mol. The maximum absolute atomic E-state index is 12.1. The first-order chi connectivity index (χ1) is 14.1. The summed E-state index contributed by atoms with van der Waals surface area (Å²) in [4.78, 5) is 28.6. The SMILES string of the molecule is CC(CNC(=O)CCCNC(=O)c1ccco1)N1CCN(c2ccccc2)CC1. The van der Waals surface area contributed by atoms with Gasteiger partial charge in [0.2, 0.25) is 5.91 Å². The molecule has 1 atom stereocenters. The molecular formula is C22H30N4O3. The number of para-hydroxylation sites is 1. The number of furan rings is 1. The van der Waals surface area contributed by atoms with Crippen LogP contribution < -0.4 is 15.5 Å². The van der Waals surface area contributed by atoms with Crippen LogP contribution in [0.3, 0.4) is 0 Å². The summed E-state index contributed by atoms with van der Waals surface area (Å²) in [5.41, 5.74) is 1.27. The minimum Gasteiger partial charge on any atom is -0.459 e. The summed E-state index contributed by atoms with van der Waals surface area (Å²) in [6.07, 6.45) is 2.46. The highest BCUT2D eigenvalue weighted by molar-refractivity contribution is 5.91. The van der Waals surface area contributed by atoms with Gasteiger partial charge in [-0.1, -0.05) is 18.2 Å². The number of benzene rings is 1. The van der Waals surface area contributed by atoms with Crippen molar-refractivity contribution in [2.24, 2.45) is 0 Å². The van der Waals surface area contributed by atoms with Crippen molar-refractivity contribution < 1.29 is 14.0 Å². The molecule has 0 bridgehead atoms. The van der Waals surface area contributed by atoms with Crippen LogP contribution >= 0.6 is 0 Å². The van der Waals surface area contributed by atoms with Crippen LogP contribution in [0.25, 0.3) is 0 Å². The van der Waals surface area contributed by atoms with Crippen molar-refractivity contribution in [2.45, 2.75) is 25.8 Å². The summed E-state index contributed by atoms with van der Waals surface area (Å²) in [6.45, 7) is 7.22. The first-order valence-electron chi connectivity index (χ1n) is 10.3. The molecule has 7 nitrogen and oxygen atoms in total. The zero-order chi connectivity index (χ0) is 20.5. The Morgan fingerprint density at radius 2 is 1.79 bits per heavy atom. The number of nitrogens with zero attached hydrogens (tertiary/aromatic N) is 2. The number of hydrogen-bond donors (Lipinski definition) is 2. The molecule has 1 unspecified atom stereocenters. The molecule has 1 aromatic heterocycles. The molecule has 3 rings (SSSR count). The summed E-state index contributed by atoms with van der Waals surface area (Å²) in [7, 11) is 0. The largest absolute Gasteiger partial charge is 0.459 e. The molecule has 29 heavy (non-hydrogen) atoms. The lowest BCUT2D eigenvalue weighted by molar-refractivity contribution is -0.121. The van der Waals surface area contributed by atoms with E-state index in [1.165, 1.54) is 12.0 Å². The van der Waals surface area contributed by atoms with Gasteiger partial charge in [-0.3, -0.25) is 14.5 Å². The number of anilines is 1. The predicted octanol–water partition coefficient (Wildman–Crippen LogP) is 2.12. The van der Waals surface area contributed by atoms with Crippen LogP contribution in [0.5, 0.6) is 0 Å². The minimum absolute atomic E-state index is 0.0204. The Kier molecular flexibility index (Phi) is 7.69. The Balaban J connectivity index is 1.28. The number of nitrogens with one attached hydrogen (secondary N) is 2. The molecule has 2 heterocycles. The first-order valence-corrected chi connectivity index (χ1v) is 10.3. The van der Waals surface area contributed by atoms with Gasteiger partial charge in [-0.2, -0.15) is 0 Å². The molecule has 0 aliphatic carbocycles. The molecule has 2 amide bonds. The summed E-state index contributed by atoms with van der Waals surface area (Å²) in [5, 5.41) is 5.76. The minimum atomic E-state index is -0.251. The standard InChI is InChI=1S/C22H30N4O3/c1-18(25-12-14-26(15-13-25)19-7-3-2-4-8-19)17-24-21(27)10-5-11-23-22(28)20-9-6-16-29-20/h2-4,6-9,16,18H,5,10-15,17H2,1H3,(H,23,28)(H,24,27). The monoisotopic (exact) mass is 398 g/mol. The van der Waals surface area contributed by atoms with Gasteiger partial charge in [0.1, 0.15) is 0 Å². The lowest BCUT2D eigenvalue weighted by atomic mass is 10.2. The fourth-order valence-electron chi connectivity index (χ4n) is 3.48. The average Bonchev–Trinajstić information content (AvgIpc) is 3.31. The lowest BCUT2D eigenvalue weighted by Crippen LogP contribution is -2.52. The van der Waals surface area contributed by atoms with Crippen LogP contribution in [0, 0.1) is 0 Å². The van der Waals surface area contributed by atoms with Crippen molar-refractivity contribution in [3.8, 4) is 0 Å². The lowest BCUT2D eigenvalue weighted by Gasteiger charge is -2.39. The van der Waals surface area contributed by atoms with E-state index in [4.69, 9.17) is 4.42 Å². The van der Waals surface area contributed by atoms with Crippen molar-refractivity contribution in [1.82, 2.24) is 15.5 Å². The Morgan fingerprint density at radius 1 is 1.03 bits per heavy atom. The molecule has 0 saturated carbocycles. The van der Waals surface area contributed by atoms with E-state index in [1.54, 1.807) is 12.1 Å². The van der Waals surface area contributed by atoms with Gasteiger partial charge >= 0.3 is 0 Å². The molecule has 156 valence electrons. The van der Waals surface area contributed by atoms with Crippen molar-refractivity contribution >= 4 is 17.5 Å². The fourth-order valence-corrected chi connectivity index (χ4v) is 3.48. The van der Waals surface area contributed by atoms with Crippen LogP contribution in [-0.4, -0.2) is 62.0 Å². The van der Waals surface area contributed by atoms with Crippen LogP contribution in [0.2, 0.25) is 0 Å². The topological polar surface area (TPSA) is 77.8 Å². The second-order valence-corrected chi connectivity index (χ2v) is 7.35. The maximum Gasteiger partial charge on any atom is 0.286 e. The Morgan fingerprint density at radius 3 is 2.48 bits per heavy atom. The second-order valence-electron chi connectivity index (χ2n) is 7.35. The summed E-state index contributed by atoms with van der Waals surface area (Å²) in [5.74, 6) is 0.0568. The van der Waals surface area contributed by atoms with E-state index in [9.17, 15) is 9.59 Å². The molecule has 1 aliphatic heterocycles. The smallest absolute Gasteiger partial charge is 0.286 e. The highest BCUT2D eigenvalue weighted by Crippen LogP contribution is 2.16. The van der Waals surface area contributed by atoms with Gasteiger partial charge in [0, 0.05) is 57.4 Å². The van der Waals surface area contributed by atoms with Gasteiger partial charge in [0.05, 0.1) is 6.26 Å². The molecule has 1 aromatic carbocycles. The van der Waals surface area contributed by atoms with Crippen LogP contribution in [0.1, 0.15) is 30.3 Å². The number of carbonyl (C=O) groups excluding carboxylic acids is 2. The van der Waals surface area contributed by atoms with E-state index >= 15 is 0 Å². The Hall–Kier alpha value is -2.80. The van der Waals surface area contributed by atoms with Crippen molar-refractivity contribution in [1.29, 1.82) is 0 Å². The summed E-state index contributed by atoms with van der Waals surface area (Å²) < 4.78 is 5.03. The van der Waals surface area contributed by atoms with E-state index in [1.807, 2.05) is 6.07 Å². The molecular weight excluding hydrogens is 368 g/mol. The second kappa shape index (κ2) is 10.7. The van der Waals surface area contributed by atoms with Gasteiger partial charge < -0.3 is 20.0 Å². The third-order valence-electron chi connectivity index (χ3n) is 5.26. The van der Waals surface area contributed by atoms with E-state index in [0.717, 1.165) is 26.2 Å². The first kappa shape index (κ1) is 20.9. The highest BCUT2D eigenvalue weighted by Gasteiger charge is 2.21. The number of hydrogen-bond acceptors (Lipinski definition) is 5. The molecule has 7 heteroatoms. The number of amides is 2. The third kappa shape index (κ3) is 6.35. The van der Waals surface area contributed by atoms with Crippen molar-refractivity contribution in [3.63, 3.8) is 0 Å². The molecule has 1 fully saturated rings. The summed E-state index contributed by atoms with van der Waals surface area (Å²) >= 11 is 0. The molecule has 2 aromatic rings. The Labute approximate surface area is 172 Å². The average molecular weight is 399 g/mol. The number of carbonyl (C=O) groups is 2. The third-order valence-corrected chi connectivity index (χ3v) is 5.26. The van der Waals surface area contributed by atoms with Crippen LogP contribution in [-0.2, 0) is 4.79 Å². The van der Waals surface area contributed by atoms with Crippen LogP contribution in [0.15, 0.2) is 53.1 Å². The molecule has 1 saturated heterocycles. The normalized spacial score (nSPS) is 15.7. The van der Waals surface area contributed by atoms with E-state index in [2.05, 4.69) is 51.6 Å². The van der Waals surface area contributed by atoms with Crippen LogP contribution in [0.4, 0.5) is 5.69 Å². The zero-order valence-electron chi connectivity index (χ0n) is 17.0. The van der Waals surface area contributed by atoms with Gasteiger partial charge in [-0.15, -0.1) is 0 Å². The molecule has 0 radical (unpaired) electrons. The maximum atomic E-state index is 12.1. The van der Waals surface area contributed by atoms with Crippen molar-refractivity contribution in [3.05, 3.63) is 54.5 Å². The van der Waals surface area contributed by atoms with Gasteiger partial charge in [0.15, 0.2) is 5.76 Å². The highest BCUT2D eigenvalue weighted by atomic mass is 16.3. The molecule has 2 N–H and O–H groups in total.